The fraction of sp³-hybridized carbons (Fsp3) is 0.357. The van der Waals surface area contributed by atoms with Crippen LogP contribution in [0.1, 0.15) is 11.3 Å². The van der Waals surface area contributed by atoms with Crippen molar-refractivity contribution in [2.75, 3.05) is 20.8 Å². The van der Waals surface area contributed by atoms with Crippen molar-refractivity contribution in [2.45, 2.75) is 13.0 Å². The van der Waals surface area contributed by atoms with Crippen LogP contribution < -0.4 is 14.8 Å². The molecular weight excluding hydrogens is 242 g/mol. The molecule has 0 radical (unpaired) electrons. The summed E-state index contributed by atoms with van der Waals surface area (Å²) in [7, 11) is 3.29. The molecule has 0 unspecified atom stereocenters. The van der Waals surface area contributed by atoms with Crippen molar-refractivity contribution in [3.05, 3.63) is 41.7 Å². The second kappa shape index (κ2) is 6.80. The number of ether oxygens (including phenoxy) is 2. The van der Waals surface area contributed by atoms with Crippen LogP contribution in [-0.4, -0.2) is 31.0 Å². The normalized spacial score (nSPS) is 10.4. The van der Waals surface area contributed by atoms with E-state index in [-0.39, 0.29) is 0 Å². The van der Waals surface area contributed by atoms with Crippen molar-refractivity contribution < 1.29 is 9.47 Å². The van der Waals surface area contributed by atoms with E-state index in [1.165, 1.54) is 5.56 Å². The summed E-state index contributed by atoms with van der Waals surface area (Å²) in [6.07, 6.45) is 2.69. The molecule has 1 heterocycles. The molecule has 0 aliphatic carbocycles. The Labute approximate surface area is 112 Å². The summed E-state index contributed by atoms with van der Waals surface area (Å²) < 4.78 is 10.5. The van der Waals surface area contributed by atoms with Crippen LogP contribution in [0.2, 0.25) is 0 Å². The Morgan fingerprint density at radius 1 is 1.16 bits per heavy atom. The van der Waals surface area contributed by atoms with Crippen molar-refractivity contribution in [3.8, 4) is 11.5 Å². The van der Waals surface area contributed by atoms with Crippen molar-refractivity contribution in [2.24, 2.45) is 0 Å². The van der Waals surface area contributed by atoms with Crippen LogP contribution in [0.3, 0.4) is 0 Å². The van der Waals surface area contributed by atoms with Gasteiger partial charge >= 0.3 is 0 Å². The van der Waals surface area contributed by atoms with E-state index in [4.69, 9.17) is 9.47 Å². The maximum Gasteiger partial charge on any atom is 0.160 e. The van der Waals surface area contributed by atoms with Crippen LogP contribution in [-0.2, 0) is 13.0 Å². The maximum atomic E-state index is 5.28. The van der Waals surface area contributed by atoms with Gasteiger partial charge in [0, 0.05) is 18.4 Å². The van der Waals surface area contributed by atoms with Crippen LogP contribution in [0.5, 0.6) is 11.5 Å². The summed E-state index contributed by atoms with van der Waals surface area (Å²) in [6, 6.07) is 7.96. The molecule has 0 spiro atoms. The molecule has 0 amide bonds. The third-order valence-electron chi connectivity index (χ3n) is 2.91. The smallest absolute Gasteiger partial charge is 0.160 e. The van der Waals surface area contributed by atoms with Crippen LogP contribution in [0.25, 0.3) is 0 Å². The van der Waals surface area contributed by atoms with E-state index >= 15 is 0 Å². The van der Waals surface area contributed by atoms with Gasteiger partial charge in [0.15, 0.2) is 11.5 Å². The third kappa shape index (κ3) is 3.72. The Hall–Kier alpha value is -2.01. The number of nitrogens with zero attached hydrogens (tertiary/aromatic N) is 1. The Morgan fingerprint density at radius 3 is 2.68 bits per heavy atom. The molecule has 0 saturated heterocycles. The number of aromatic nitrogens is 2. The number of nitrogens with one attached hydrogen (secondary N) is 2. The number of hydrogen-bond donors (Lipinski definition) is 2. The number of methoxy groups -OCH3 is 2. The lowest BCUT2D eigenvalue weighted by Crippen LogP contribution is -2.16. The molecule has 2 rings (SSSR count). The summed E-state index contributed by atoms with van der Waals surface area (Å²) in [4.78, 5) is 0. The van der Waals surface area contributed by atoms with E-state index < -0.39 is 0 Å². The number of H-pyrrole nitrogens is 1. The lowest BCUT2D eigenvalue weighted by Gasteiger charge is -2.09. The van der Waals surface area contributed by atoms with Gasteiger partial charge in [-0.15, -0.1) is 0 Å². The van der Waals surface area contributed by atoms with E-state index in [2.05, 4.69) is 21.6 Å². The molecule has 0 aliphatic heterocycles. The summed E-state index contributed by atoms with van der Waals surface area (Å²) in [5.74, 6) is 1.53. The minimum absolute atomic E-state index is 0.761. The molecule has 2 N–H and O–H groups in total. The van der Waals surface area contributed by atoms with Crippen molar-refractivity contribution in [1.82, 2.24) is 15.5 Å². The van der Waals surface area contributed by atoms with Gasteiger partial charge in [0.05, 0.1) is 14.2 Å². The van der Waals surface area contributed by atoms with Gasteiger partial charge in [-0.2, -0.15) is 5.10 Å². The fourth-order valence-electron chi connectivity index (χ4n) is 1.88. The highest BCUT2D eigenvalue weighted by Gasteiger charge is 2.04. The van der Waals surface area contributed by atoms with Gasteiger partial charge in [-0.1, -0.05) is 6.07 Å². The topological polar surface area (TPSA) is 59.2 Å². The van der Waals surface area contributed by atoms with Gasteiger partial charge in [-0.05, 0) is 36.7 Å². The summed E-state index contributed by atoms with van der Waals surface area (Å²) in [5, 5.41) is 10.2. The van der Waals surface area contributed by atoms with Gasteiger partial charge in [0.25, 0.3) is 0 Å². The molecule has 19 heavy (non-hydrogen) atoms. The maximum absolute atomic E-state index is 5.28. The monoisotopic (exact) mass is 261 g/mol. The lowest BCUT2D eigenvalue weighted by atomic mass is 10.1. The fourth-order valence-corrected chi connectivity index (χ4v) is 1.88. The average Bonchev–Trinajstić information content (AvgIpc) is 2.96. The molecule has 5 nitrogen and oxygen atoms in total. The van der Waals surface area contributed by atoms with Gasteiger partial charge in [-0.25, -0.2) is 0 Å². The van der Waals surface area contributed by atoms with E-state index in [0.717, 1.165) is 36.7 Å². The predicted octanol–water partition coefficient (Wildman–Crippen LogP) is 1.76. The van der Waals surface area contributed by atoms with Gasteiger partial charge in [0.1, 0.15) is 0 Å². The highest BCUT2D eigenvalue weighted by atomic mass is 16.5. The highest BCUT2D eigenvalue weighted by molar-refractivity contribution is 5.42. The molecular formula is C14H19N3O2. The second-order valence-corrected chi connectivity index (χ2v) is 4.20. The zero-order chi connectivity index (χ0) is 13.5. The number of benzene rings is 1. The second-order valence-electron chi connectivity index (χ2n) is 4.20. The minimum Gasteiger partial charge on any atom is -0.493 e. The zero-order valence-corrected chi connectivity index (χ0v) is 11.3. The molecule has 1 aromatic heterocycles. The Kier molecular flexibility index (Phi) is 4.80. The largest absolute Gasteiger partial charge is 0.493 e. The molecule has 0 bridgehead atoms. The predicted molar refractivity (Wildman–Crippen MR) is 73.5 cm³/mol. The number of hydrogen-bond acceptors (Lipinski definition) is 4. The summed E-state index contributed by atoms with van der Waals surface area (Å²) in [5.41, 5.74) is 2.31. The van der Waals surface area contributed by atoms with Crippen molar-refractivity contribution in [1.29, 1.82) is 0 Å². The van der Waals surface area contributed by atoms with Crippen LogP contribution >= 0.6 is 0 Å². The van der Waals surface area contributed by atoms with Gasteiger partial charge in [-0.3, -0.25) is 5.10 Å². The Balaban J connectivity index is 1.82. The first-order chi connectivity index (χ1) is 9.33. The van der Waals surface area contributed by atoms with Gasteiger partial charge in [0.2, 0.25) is 0 Å². The number of aromatic amines is 1. The Morgan fingerprint density at radius 2 is 2.00 bits per heavy atom. The molecule has 0 atom stereocenters. The van der Waals surface area contributed by atoms with Crippen LogP contribution in [0, 0.1) is 0 Å². The minimum atomic E-state index is 0.761. The molecule has 1 aromatic carbocycles. The molecule has 0 aliphatic rings. The first-order valence-electron chi connectivity index (χ1n) is 6.23. The quantitative estimate of drug-likeness (QED) is 0.746. The van der Waals surface area contributed by atoms with E-state index in [9.17, 15) is 0 Å². The van der Waals surface area contributed by atoms with E-state index in [0.29, 0.717) is 0 Å². The van der Waals surface area contributed by atoms with Gasteiger partial charge < -0.3 is 14.8 Å². The molecule has 5 heteroatoms. The summed E-state index contributed by atoms with van der Waals surface area (Å²) >= 11 is 0. The number of rotatable bonds is 7. The van der Waals surface area contributed by atoms with Crippen LogP contribution in [0.4, 0.5) is 0 Å². The first-order valence-corrected chi connectivity index (χ1v) is 6.23. The molecule has 102 valence electrons. The van der Waals surface area contributed by atoms with Crippen LogP contribution in [0.15, 0.2) is 30.5 Å². The lowest BCUT2D eigenvalue weighted by molar-refractivity contribution is 0.354. The molecule has 2 aromatic rings. The van der Waals surface area contributed by atoms with Crippen molar-refractivity contribution in [3.63, 3.8) is 0 Å². The van der Waals surface area contributed by atoms with E-state index in [1.807, 2.05) is 18.2 Å². The van der Waals surface area contributed by atoms with Crippen molar-refractivity contribution >= 4 is 0 Å². The summed E-state index contributed by atoms with van der Waals surface area (Å²) in [6.45, 7) is 1.70. The third-order valence-corrected chi connectivity index (χ3v) is 2.91. The highest BCUT2D eigenvalue weighted by Crippen LogP contribution is 2.27. The standard InChI is InChI=1S/C14H19N3O2/c1-18-13-4-3-11(9-14(13)19-2)5-7-15-10-12-6-8-16-17-12/h3-4,6,8-9,15H,5,7,10H2,1-2H3,(H,16,17). The Bertz CT molecular complexity index is 497. The SMILES string of the molecule is COc1ccc(CCNCc2ccn[nH]2)cc1OC. The molecule has 0 fully saturated rings. The zero-order valence-electron chi connectivity index (χ0n) is 11.3. The first kappa shape index (κ1) is 13.4. The average molecular weight is 261 g/mol. The van der Waals surface area contributed by atoms with E-state index in [1.54, 1.807) is 20.4 Å². The molecule has 0 saturated carbocycles.